The van der Waals surface area contributed by atoms with Crippen molar-refractivity contribution < 1.29 is 18.3 Å². The van der Waals surface area contributed by atoms with Crippen molar-refractivity contribution in [2.75, 3.05) is 37.7 Å². The molecule has 4 aromatic rings. The Morgan fingerprint density at radius 3 is 2.47 bits per heavy atom. The van der Waals surface area contributed by atoms with Crippen LogP contribution in [0.1, 0.15) is 19.4 Å². The molecular weight excluding hydrogens is 455 g/mol. The highest BCUT2D eigenvalue weighted by molar-refractivity contribution is 6.00. The molecule has 36 heavy (non-hydrogen) atoms. The number of fused-ring (bicyclic) bond motifs is 1. The van der Waals surface area contributed by atoms with Crippen LogP contribution in [0.2, 0.25) is 0 Å². The van der Waals surface area contributed by atoms with Crippen molar-refractivity contribution in [3.05, 3.63) is 90.4 Å². The molecule has 0 radical (unpaired) electrons. The maximum absolute atomic E-state index is 14.2. The van der Waals surface area contributed by atoms with E-state index in [0.717, 1.165) is 33.2 Å². The summed E-state index contributed by atoms with van der Waals surface area (Å²) in [5, 5.41) is 0.971. The van der Waals surface area contributed by atoms with Gasteiger partial charge in [0.15, 0.2) is 0 Å². The van der Waals surface area contributed by atoms with Crippen LogP contribution in [0.15, 0.2) is 83.5 Å². The zero-order valence-electron chi connectivity index (χ0n) is 20.5. The predicted molar refractivity (Wildman–Crippen MR) is 142 cm³/mol. The highest BCUT2D eigenvalue weighted by Crippen LogP contribution is 2.37. The SMILES string of the molecule is CCOc1cc2occ(-c3ccccc3)c2cc1/C(C)=C/C(=O)N1CCN(c2ccccc2F)CC1. The van der Waals surface area contributed by atoms with Crippen molar-refractivity contribution in [2.45, 2.75) is 13.8 Å². The largest absolute Gasteiger partial charge is 0.493 e. The fraction of sp³-hybridized carbons (Fsp3) is 0.233. The molecule has 1 aliphatic heterocycles. The average molecular weight is 485 g/mol. The molecule has 6 heteroatoms. The van der Waals surface area contributed by atoms with Gasteiger partial charge in [-0.15, -0.1) is 0 Å². The van der Waals surface area contributed by atoms with Crippen LogP contribution in [0.4, 0.5) is 10.1 Å². The Labute approximate surface area is 210 Å². The summed E-state index contributed by atoms with van der Waals surface area (Å²) >= 11 is 0. The first-order valence-corrected chi connectivity index (χ1v) is 12.3. The van der Waals surface area contributed by atoms with E-state index in [4.69, 9.17) is 9.15 Å². The standard InChI is InChI=1S/C30H29FN2O3/c1-3-35-28-19-29-24(25(20-36-29)22-9-5-4-6-10-22)18-23(28)21(2)17-30(34)33-15-13-32(14-16-33)27-12-8-7-11-26(27)31/h4-12,17-20H,3,13-16H2,1-2H3/b21-17+. The molecule has 1 saturated heterocycles. The molecule has 0 atom stereocenters. The van der Waals surface area contributed by atoms with Crippen molar-refractivity contribution in [1.82, 2.24) is 4.90 Å². The smallest absolute Gasteiger partial charge is 0.246 e. The Kier molecular flexibility index (Phi) is 6.76. The van der Waals surface area contributed by atoms with Gasteiger partial charge in [0, 0.05) is 54.8 Å². The Hall–Kier alpha value is -4.06. The molecule has 0 unspecified atom stereocenters. The number of rotatable bonds is 6. The topological polar surface area (TPSA) is 45.9 Å². The molecular formula is C30H29FN2O3. The lowest BCUT2D eigenvalue weighted by Crippen LogP contribution is -2.48. The van der Waals surface area contributed by atoms with E-state index in [1.807, 2.05) is 72.2 Å². The summed E-state index contributed by atoms with van der Waals surface area (Å²) in [7, 11) is 0. The number of anilines is 1. The van der Waals surface area contributed by atoms with Gasteiger partial charge in [0.1, 0.15) is 17.1 Å². The van der Waals surface area contributed by atoms with Crippen molar-refractivity contribution in [2.24, 2.45) is 0 Å². The van der Waals surface area contributed by atoms with Crippen LogP contribution in [0.3, 0.4) is 0 Å². The minimum atomic E-state index is -0.235. The monoisotopic (exact) mass is 484 g/mol. The van der Waals surface area contributed by atoms with Gasteiger partial charge < -0.3 is 19.0 Å². The predicted octanol–water partition coefficient (Wildman–Crippen LogP) is 6.39. The van der Waals surface area contributed by atoms with E-state index >= 15 is 0 Å². The fourth-order valence-corrected chi connectivity index (χ4v) is 4.71. The quantitative estimate of drug-likeness (QED) is 0.298. The number of nitrogens with zero attached hydrogens (tertiary/aromatic N) is 2. The Bertz CT molecular complexity index is 1400. The highest BCUT2D eigenvalue weighted by Gasteiger charge is 2.22. The van der Waals surface area contributed by atoms with Crippen molar-refractivity contribution >= 4 is 28.1 Å². The van der Waals surface area contributed by atoms with E-state index in [-0.39, 0.29) is 11.7 Å². The number of carbonyl (C=O) groups is 1. The third-order valence-corrected chi connectivity index (χ3v) is 6.61. The van der Waals surface area contributed by atoms with Gasteiger partial charge in [-0.2, -0.15) is 0 Å². The lowest BCUT2D eigenvalue weighted by Gasteiger charge is -2.35. The minimum Gasteiger partial charge on any atom is -0.493 e. The maximum Gasteiger partial charge on any atom is 0.246 e. The summed E-state index contributed by atoms with van der Waals surface area (Å²) in [4.78, 5) is 17.0. The highest BCUT2D eigenvalue weighted by atomic mass is 19.1. The number of halogens is 1. The molecule has 5 nitrogen and oxygen atoms in total. The first-order chi connectivity index (χ1) is 17.5. The number of amides is 1. The lowest BCUT2D eigenvalue weighted by molar-refractivity contribution is -0.126. The van der Waals surface area contributed by atoms with Gasteiger partial charge in [0.25, 0.3) is 0 Å². The molecule has 0 saturated carbocycles. The molecule has 2 heterocycles. The molecule has 5 rings (SSSR count). The second-order valence-electron chi connectivity index (χ2n) is 8.88. The van der Waals surface area contributed by atoms with E-state index in [2.05, 4.69) is 0 Å². The summed E-state index contributed by atoms with van der Waals surface area (Å²) in [6.07, 6.45) is 3.43. The van der Waals surface area contributed by atoms with Gasteiger partial charge in [-0.1, -0.05) is 42.5 Å². The second kappa shape index (κ2) is 10.3. The molecule has 0 bridgehead atoms. The fourth-order valence-electron chi connectivity index (χ4n) is 4.71. The molecule has 1 aromatic heterocycles. The first-order valence-electron chi connectivity index (χ1n) is 12.3. The molecule has 0 spiro atoms. The molecule has 0 N–H and O–H groups in total. The molecule has 1 fully saturated rings. The van der Waals surface area contributed by atoms with E-state index < -0.39 is 0 Å². The van der Waals surface area contributed by atoms with Crippen LogP contribution >= 0.6 is 0 Å². The third-order valence-electron chi connectivity index (χ3n) is 6.61. The van der Waals surface area contributed by atoms with Gasteiger partial charge in [-0.25, -0.2) is 4.39 Å². The van der Waals surface area contributed by atoms with Crippen molar-refractivity contribution in [3.63, 3.8) is 0 Å². The van der Waals surface area contributed by atoms with Crippen molar-refractivity contribution in [3.8, 4) is 16.9 Å². The number of para-hydroxylation sites is 1. The summed E-state index contributed by atoms with van der Waals surface area (Å²) in [5.74, 6) is 0.393. The van der Waals surface area contributed by atoms with Crippen LogP contribution < -0.4 is 9.64 Å². The Balaban J connectivity index is 1.39. The molecule has 3 aromatic carbocycles. The number of allylic oxidation sites excluding steroid dienone is 1. The second-order valence-corrected chi connectivity index (χ2v) is 8.88. The number of piperazine rings is 1. The number of carbonyl (C=O) groups excluding carboxylic acids is 1. The van der Waals surface area contributed by atoms with Crippen LogP contribution in [0.5, 0.6) is 5.75 Å². The lowest BCUT2D eigenvalue weighted by atomic mass is 9.99. The summed E-state index contributed by atoms with van der Waals surface area (Å²) in [6.45, 7) is 6.62. The number of ether oxygens (including phenoxy) is 1. The van der Waals surface area contributed by atoms with Gasteiger partial charge in [0.2, 0.25) is 5.91 Å². The average Bonchev–Trinajstić information content (AvgIpc) is 3.32. The van der Waals surface area contributed by atoms with E-state index in [1.54, 1.807) is 24.5 Å². The zero-order valence-corrected chi connectivity index (χ0v) is 20.5. The van der Waals surface area contributed by atoms with Crippen LogP contribution in [-0.4, -0.2) is 43.6 Å². The van der Waals surface area contributed by atoms with Crippen LogP contribution in [0.25, 0.3) is 27.7 Å². The molecule has 1 amide bonds. The van der Waals surface area contributed by atoms with Crippen LogP contribution in [0, 0.1) is 5.82 Å². The minimum absolute atomic E-state index is 0.0568. The van der Waals surface area contributed by atoms with Crippen molar-refractivity contribution in [1.29, 1.82) is 0 Å². The van der Waals surface area contributed by atoms with E-state index in [1.165, 1.54) is 6.07 Å². The van der Waals surface area contributed by atoms with Gasteiger partial charge in [-0.3, -0.25) is 4.79 Å². The normalized spacial score (nSPS) is 14.4. The number of furan rings is 1. The third kappa shape index (κ3) is 4.71. The molecule has 184 valence electrons. The zero-order chi connectivity index (χ0) is 25.1. The Morgan fingerprint density at radius 1 is 1.03 bits per heavy atom. The number of benzene rings is 3. The molecule has 0 aliphatic carbocycles. The number of hydrogen-bond acceptors (Lipinski definition) is 4. The van der Waals surface area contributed by atoms with Gasteiger partial charge in [-0.05, 0) is 43.2 Å². The van der Waals surface area contributed by atoms with Crippen LogP contribution in [-0.2, 0) is 4.79 Å². The number of hydrogen-bond donors (Lipinski definition) is 0. The first kappa shape index (κ1) is 23.7. The van der Waals surface area contributed by atoms with E-state index in [0.29, 0.717) is 44.2 Å². The van der Waals surface area contributed by atoms with Gasteiger partial charge >= 0.3 is 0 Å². The van der Waals surface area contributed by atoms with Gasteiger partial charge in [0.05, 0.1) is 18.6 Å². The Morgan fingerprint density at radius 2 is 1.75 bits per heavy atom. The summed E-state index contributed by atoms with van der Waals surface area (Å²) in [6, 6.07) is 20.8. The summed E-state index contributed by atoms with van der Waals surface area (Å²) < 4.78 is 25.9. The summed E-state index contributed by atoms with van der Waals surface area (Å²) in [5.41, 5.74) is 5.07. The maximum atomic E-state index is 14.2. The van der Waals surface area contributed by atoms with E-state index in [9.17, 15) is 9.18 Å². The molecule has 1 aliphatic rings.